The molecule has 0 amide bonds. The van der Waals surface area contributed by atoms with Gasteiger partial charge in [-0.3, -0.25) is 4.79 Å². The van der Waals surface area contributed by atoms with E-state index >= 15 is 0 Å². The number of carbonyl (C=O) groups is 1. The van der Waals surface area contributed by atoms with Gasteiger partial charge in [0.2, 0.25) is 0 Å². The van der Waals surface area contributed by atoms with Crippen LogP contribution in [0.2, 0.25) is 5.02 Å². The van der Waals surface area contributed by atoms with Crippen molar-refractivity contribution < 1.29 is 71.4 Å². The number of allylic oxidation sites excluding steroid dienone is 1. The van der Waals surface area contributed by atoms with Crippen LogP contribution in [0.5, 0.6) is 0 Å². The number of hydrogen-bond acceptors (Lipinski definition) is 2. The van der Waals surface area contributed by atoms with E-state index in [1.54, 1.807) is 0 Å². The number of alkyl halides is 14. The summed E-state index contributed by atoms with van der Waals surface area (Å²) < 4.78 is 187. The van der Waals surface area contributed by atoms with Crippen molar-refractivity contribution in [1.29, 1.82) is 0 Å². The lowest BCUT2D eigenvalue weighted by molar-refractivity contribution is -0.341. The van der Waals surface area contributed by atoms with Gasteiger partial charge in [-0.15, -0.1) is 0 Å². The lowest BCUT2D eigenvalue weighted by Gasteiger charge is -2.37. The summed E-state index contributed by atoms with van der Waals surface area (Å²) in [7, 11) is 0. The monoisotopic (exact) mass is 530 g/mol. The maximum Gasteiger partial charge on any atom is 0.417 e. The van der Waals surface area contributed by atoms with Crippen molar-refractivity contribution in [3.63, 3.8) is 0 Å². The normalized spacial score (nSPS) is 23.4. The standard InChI is InChI=1S/C16H5ClF14O2/c17-7-3-5(1-2-6(7)11(18,19)20)8(32)4-9(33)10(16(29,30)31)12(21,22)14(25,26)15(27,28)13(10,23)24/h1-4,32H/b8-4-. The molecular formula is C16H5ClF14O2. The summed E-state index contributed by atoms with van der Waals surface area (Å²) in [6, 6.07) is 0.340. The average molecular weight is 531 g/mol. The molecule has 0 heterocycles. The van der Waals surface area contributed by atoms with Crippen molar-refractivity contribution in [2.24, 2.45) is 5.41 Å². The van der Waals surface area contributed by atoms with Crippen LogP contribution < -0.4 is 0 Å². The van der Waals surface area contributed by atoms with Crippen LogP contribution >= 0.6 is 11.6 Å². The van der Waals surface area contributed by atoms with Crippen LogP contribution in [0.25, 0.3) is 5.76 Å². The molecule has 17 heteroatoms. The molecule has 33 heavy (non-hydrogen) atoms. The van der Waals surface area contributed by atoms with E-state index in [1.165, 1.54) is 0 Å². The van der Waals surface area contributed by atoms with E-state index in [-0.39, 0.29) is 18.2 Å². The molecule has 1 aromatic carbocycles. The van der Waals surface area contributed by atoms with Gasteiger partial charge in [0.1, 0.15) is 5.76 Å². The number of benzene rings is 1. The summed E-state index contributed by atoms with van der Waals surface area (Å²) in [5, 5.41) is 8.33. The topological polar surface area (TPSA) is 37.3 Å². The Kier molecular flexibility index (Phi) is 5.82. The molecule has 186 valence electrons. The highest BCUT2D eigenvalue weighted by molar-refractivity contribution is 6.31. The van der Waals surface area contributed by atoms with Crippen LogP contribution in [0.1, 0.15) is 11.1 Å². The van der Waals surface area contributed by atoms with E-state index in [2.05, 4.69) is 0 Å². The maximum absolute atomic E-state index is 14.0. The average Bonchev–Trinajstić information content (AvgIpc) is 2.64. The third-order valence-electron chi connectivity index (χ3n) is 4.76. The molecule has 1 aromatic rings. The predicted molar refractivity (Wildman–Crippen MR) is 80.3 cm³/mol. The van der Waals surface area contributed by atoms with Crippen LogP contribution in [0.15, 0.2) is 24.3 Å². The Labute approximate surface area is 177 Å². The first kappa shape index (κ1) is 27.0. The van der Waals surface area contributed by atoms with Gasteiger partial charge in [-0.25, -0.2) is 0 Å². The highest BCUT2D eigenvalue weighted by atomic mass is 35.5. The Hall–Kier alpha value is -2.26. The zero-order chi connectivity index (χ0) is 26.2. The van der Waals surface area contributed by atoms with Gasteiger partial charge < -0.3 is 5.11 Å². The van der Waals surface area contributed by atoms with Gasteiger partial charge in [0, 0.05) is 11.6 Å². The summed E-state index contributed by atoms with van der Waals surface area (Å²) >= 11 is 5.23. The fourth-order valence-corrected chi connectivity index (χ4v) is 3.38. The third kappa shape index (κ3) is 3.19. The number of ketones is 1. The number of carbonyl (C=O) groups excluding carboxylic acids is 1. The molecule has 0 atom stereocenters. The van der Waals surface area contributed by atoms with Gasteiger partial charge in [-0.05, 0) is 12.1 Å². The first-order valence-electron chi connectivity index (χ1n) is 7.83. The van der Waals surface area contributed by atoms with Gasteiger partial charge in [-0.1, -0.05) is 17.7 Å². The Balaban J connectivity index is 2.77. The van der Waals surface area contributed by atoms with Crippen LogP contribution in [-0.4, -0.2) is 40.8 Å². The predicted octanol–water partition coefficient (Wildman–Crippen LogP) is 6.93. The Bertz CT molecular complexity index is 979. The second kappa shape index (κ2) is 7.12. The van der Waals surface area contributed by atoms with Gasteiger partial charge in [0.15, 0.2) is 5.78 Å². The molecule has 0 spiro atoms. The SMILES string of the molecule is O=C(/C=C(\O)c1ccc(C(F)(F)F)c(Cl)c1)C1(C(F)(F)F)C(F)(F)C(F)(F)C(F)(F)C1(F)F. The molecule has 1 N–H and O–H groups in total. The molecule has 2 nitrogen and oxygen atoms in total. The van der Waals surface area contributed by atoms with Crippen molar-refractivity contribution >= 4 is 23.1 Å². The summed E-state index contributed by atoms with van der Waals surface area (Å²) in [5.41, 5.74) is -9.84. The maximum atomic E-state index is 14.0. The fraction of sp³-hybridized carbons (Fsp3) is 0.438. The lowest BCUT2D eigenvalue weighted by Crippen LogP contribution is -2.64. The summed E-state index contributed by atoms with van der Waals surface area (Å²) in [6.45, 7) is 0. The number of aliphatic hydroxyl groups is 1. The smallest absolute Gasteiger partial charge is 0.417 e. The van der Waals surface area contributed by atoms with Crippen molar-refractivity contribution in [1.82, 2.24) is 0 Å². The Morgan fingerprint density at radius 1 is 0.818 bits per heavy atom. The first-order valence-corrected chi connectivity index (χ1v) is 8.21. The molecule has 0 unspecified atom stereocenters. The number of aliphatic hydroxyl groups excluding tert-OH is 1. The second-order valence-electron chi connectivity index (χ2n) is 6.63. The lowest BCUT2D eigenvalue weighted by atomic mass is 9.74. The minimum Gasteiger partial charge on any atom is -0.507 e. The molecule has 0 bridgehead atoms. The Morgan fingerprint density at radius 2 is 1.24 bits per heavy atom. The van der Waals surface area contributed by atoms with E-state index in [0.717, 1.165) is 0 Å². The minimum atomic E-state index is -7.45. The molecule has 0 radical (unpaired) electrons. The van der Waals surface area contributed by atoms with Crippen molar-refractivity contribution in [3.8, 4) is 0 Å². The van der Waals surface area contributed by atoms with E-state index in [4.69, 9.17) is 11.6 Å². The van der Waals surface area contributed by atoms with E-state index in [9.17, 15) is 71.4 Å². The van der Waals surface area contributed by atoms with Gasteiger partial charge >= 0.3 is 36.0 Å². The van der Waals surface area contributed by atoms with Gasteiger partial charge in [-0.2, -0.15) is 61.5 Å². The van der Waals surface area contributed by atoms with Gasteiger partial charge in [0.05, 0.1) is 10.6 Å². The van der Waals surface area contributed by atoms with Crippen molar-refractivity contribution in [2.75, 3.05) is 0 Å². The molecule has 0 saturated heterocycles. The number of halogens is 15. The van der Waals surface area contributed by atoms with E-state index < -0.39 is 75.2 Å². The summed E-state index contributed by atoms with van der Waals surface area (Å²) in [6.07, 6.45) is -13.7. The first-order chi connectivity index (χ1) is 14.4. The van der Waals surface area contributed by atoms with E-state index in [0.29, 0.717) is 0 Å². The Morgan fingerprint density at radius 3 is 1.58 bits per heavy atom. The fourth-order valence-electron chi connectivity index (χ4n) is 3.09. The highest BCUT2D eigenvalue weighted by Gasteiger charge is 3.06. The number of rotatable bonds is 3. The molecular weight excluding hydrogens is 526 g/mol. The van der Waals surface area contributed by atoms with Crippen LogP contribution in [-0.2, 0) is 11.0 Å². The van der Waals surface area contributed by atoms with Crippen LogP contribution in [0.3, 0.4) is 0 Å². The highest BCUT2D eigenvalue weighted by Crippen LogP contribution is 2.75. The molecule has 1 aliphatic carbocycles. The van der Waals surface area contributed by atoms with Crippen molar-refractivity contribution in [3.05, 3.63) is 40.4 Å². The molecule has 1 fully saturated rings. The molecule has 0 aromatic heterocycles. The summed E-state index contributed by atoms with van der Waals surface area (Å²) in [4.78, 5) is 11.9. The summed E-state index contributed by atoms with van der Waals surface area (Å²) in [5.74, 6) is -35.6. The minimum absolute atomic E-state index is 0.0623. The number of hydrogen-bond donors (Lipinski definition) is 1. The third-order valence-corrected chi connectivity index (χ3v) is 5.07. The van der Waals surface area contributed by atoms with E-state index in [1.807, 2.05) is 0 Å². The van der Waals surface area contributed by atoms with Gasteiger partial charge in [0.25, 0.3) is 5.41 Å². The molecule has 1 saturated carbocycles. The molecule has 0 aliphatic heterocycles. The van der Waals surface area contributed by atoms with Crippen molar-refractivity contribution in [2.45, 2.75) is 36.0 Å². The molecule has 1 aliphatic rings. The van der Waals surface area contributed by atoms with Crippen LogP contribution in [0.4, 0.5) is 61.5 Å². The second-order valence-corrected chi connectivity index (χ2v) is 7.04. The zero-order valence-electron chi connectivity index (χ0n) is 14.8. The van der Waals surface area contributed by atoms with Crippen LogP contribution in [0, 0.1) is 5.41 Å². The quantitative estimate of drug-likeness (QED) is 0.261. The largest absolute Gasteiger partial charge is 0.507 e. The molecule has 2 rings (SSSR count). The zero-order valence-corrected chi connectivity index (χ0v) is 15.6.